The third-order valence-corrected chi connectivity index (χ3v) is 9.02. The van der Waals surface area contributed by atoms with Crippen LogP contribution in [-0.2, 0) is 33.8 Å². The van der Waals surface area contributed by atoms with Crippen LogP contribution in [-0.4, -0.2) is 42.6 Å². The number of halogens is 2. The van der Waals surface area contributed by atoms with Gasteiger partial charge in [-0.2, -0.15) is 0 Å². The van der Waals surface area contributed by atoms with Crippen LogP contribution in [0.3, 0.4) is 0 Å². The average Bonchev–Trinajstić information content (AvgIpc) is 3.20. The van der Waals surface area contributed by atoms with Gasteiger partial charge in [0.05, 0.1) is 6.42 Å². The fourth-order valence-electron chi connectivity index (χ4n) is 6.41. The van der Waals surface area contributed by atoms with Crippen molar-refractivity contribution in [3.05, 3.63) is 136 Å². The Morgan fingerprint density at radius 1 is 0.961 bits per heavy atom. The maximum atomic E-state index is 14.3. The van der Waals surface area contributed by atoms with Crippen molar-refractivity contribution in [2.45, 2.75) is 78.7 Å². The molecule has 0 saturated heterocycles. The first-order valence-electron chi connectivity index (χ1n) is 17.9. The van der Waals surface area contributed by atoms with E-state index in [9.17, 15) is 14.0 Å². The molecule has 4 aromatic carbocycles. The van der Waals surface area contributed by atoms with Crippen molar-refractivity contribution in [3.8, 4) is 0 Å². The van der Waals surface area contributed by atoms with Crippen LogP contribution in [0.1, 0.15) is 80.9 Å². The van der Waals surface area contributed by atoms with Crippen molar-refractivity contribution in [2.24, 2.45) is 5.41 Å². The molecule has 0 spiro atoms. The summed E-state index contributed by atoms with van der Waals surface area (Å²) in [6.07, 6.45) is 1.05. The summed E-state index contributed by atoms with van der Waals surface area (Å²) in [5, 5.41) is 5.56. The molecule has 4 aromatic rings. The van der Waals surface area contributed by atoms with Crippen molar-refractivity contribution in [2.75, 3.05) is 24.5 Å². The molecular weight excluding hydrogens is 663 g/mol. The highest BCUT2D eigenvalue weighted by atomic mass is 35.5. The number of hydrogen-bond donors (Lipinski definition) is 2. The predicted molar refractivity (Wildman–Crippen MR) is 203 cm³/mol. The number of hydrogen-bond acceptors (Lipinski definition) is 5. The third-order valence-electron chi connectivity index (χ3n) is 8.78. The number of amides is 2. The average molecular weight is 713 g/mol. The van der Waals surface area contributed by atoms with Crippen LogP contribution in [0.5, 0.6) is 0 Å². The summed E-state index contributed by atoms with van der Waals surface area (Å²) in [6, 6.07) is 30.5. The van der Waals surface area contributed by atoms with Crippen molar-refractivity contribution < 1.29 is 18.7 Å². The van der Waals surface area contributed by atoms with E-state index in [4.69, 9.17) is 16.3 Å². The second-order valence-corrected chi connectivity index (χ2v) is 14.9. The zero-order chi connectivity index (χ0) is 36.4. The minimum absolute atomic E-state index is 0.00792. The highest BCUT2D eigenvalue weighted by Crippen LogP contribution is 2.41. The first-order valence-corrected chi connectivity index (χ1v) is 18.3. The molecule has 2 atom stereocenters. The molecule has 9 heteroatoms. The molecule has 7 nitrogen and oxygen atoms in total. The van der Waals surface area contributed by atoms with E-state index in [-0.39, 0.29) is 24.3 Å². The molecule has 51 heavy (non-hydrogen) atoms. The summed E-state index contributed by atoms with van der Waals surface area (Å²) >= 11 is 6.60. The number of carbonyl (C=O) groups excluding carboxylic acids is 2. The van der Waals surface area contributed by atoms with Crippen LogP contribution in [0.2, 0.25) is 5.02 Å². The number of aryl methyl sites for hydroxylation is 1. The summed E-state index contributed by atoms with van der Waals surface area (Å²) in [6.45, 7) is 11.2. The molecule has 1 aliphatic rings. The molecule has 1 heterocycles. The second kappa shape index (κ2) is 17.9. The maximum absolute atomic E-state index is 14.3. The van der Waals surface area contributed by atoms with Crippen molar-refractivity contribution in [1.29, 1.82) is 0 Å². The normalized spacial score (nSPS) is 16.2. The number of carbonyl (C=O) groups is 2. The molecule has 0 radical (unpaired) electrons. The fraction of sp³-hybridized carbons (Fsp3) is 0.381. The van der Waals surface area contributed by atoms with E-state index >= 15 is 0 Å². The van der Waals surface area contributed by atoms with Gasteiger partial charge in [0, 0.05) is 54.6 Å². The minimum Gasteiger partial charge on any atom is -0.355 e. The van der Waals surface area contributed by atoms with Gasteiger partial charge in [-0.25, -0.2) is 9.40 Å². The Morgan fingerprint density at radius 2 is 1.71 bits per heavy atom. The quantitative estimate of drug-likeness (QED) is 0.0957. The van der Waals surface area contributed by atoms with E-state index < -0.39 is 23.9 Å². The van der Waals surface area contributed by atoms with Crippen molar-refractivity contribution in [1.82, 2.24) is 15.8 Å². The van der Waals surface area contributed by atoms with Gasteiger partial charge in [0.15, 0.2) is 0 Å². The molecule has 5 rings (SSSR count). The van der Waals surface area contributed by atoms with Crippen LogP contribution in [0, 0.1) is 11.2 Å². The van der Waals surface area contributed by atoms with E-state index in [0.717, 1.165) is 49.0 Å². The first-order chi connectivity index (χ1) is 24.5. The van der Waals surface area contributed by atoms with E-state index in [1.54, 1.807) is 29.2 Å². The topological polar surface area (TPSA) is 73.9 Å². The fourth-order valence-corrected chi connectivity index (χ4v) is 6.59. The highest BCUT2D eigenvalue weighted by Gasteiger charge is 2.39. The Labute approximate surface area is 307 Å². The Kier molecular flexibility index (Phi) is 13.4. The summed E-state index contributed by atoms with van der Waals surface area (Å²) in [5.41, 5.74) is 8.49. The molecule has 0 bridgehead atoms. The standard InChI is InChI=1S/C42H50ClFN4O3/c1-5-23-47(46-22-12-16-30-13-7-6-8-14-30)28-31-15-11-18-32(24-31)40-35-25-34(43)20-21-37(35)48(29-42(2,3)4)41(50)38(51-40)26-39(49)45-27-33-17-9-10-19-36(33)44/h6-11,13-15,17-21,24-25,38,40,46H,5,12,16,22-23,26-29H2,1-4H3,(H,45,49). The summed E-state index contributed by atoms with van der Waals surface area (Å²) in [7, 11) is 0. The van der Waals surface area contributed by atoms with E-state index in [0.29, 0.717) is 29.4 Å². The van der Waals surface area contributed by atoms with Crippen molar-refractivity contribution in [3.63, 3.8) is 0 Å². The molecule has 1 aliphatic heterocycles. The van der Waals surface area contributed by atoms with Crippen LogP contribution < -0.4 is 15.6 Å². The molecule has 2 amide bonds. The van der Waals surface area contributed by atoms with E-state index in [1.165, 1.54) is 11.6 Å². The Bertz CT molecular complexity index is 1760. The smallest absolute Gasteiger partial charge is 0.256 e. The zero-order valence-electron chi connectivity index (χ0n) is 30.1. The Balaban J connectivity index is 1.39. The van der Waals surface area contributed by atoms with Gasteiger partial charge in [-0.05, 0) is 65.6 Å². The lowest BCUT2D eigenvalue weighted by Gasteiger charge is -2.31. The number of rotatable bonds is 15. The number of anilines is 1. The Morgan fingerprint density at radius 3 is 2.45 bits per heavy atom. The molecule has 2 unspecified atom stereocenters. The van der Waals surface area contributed by atoms with Crippen LogP contribution in [0.25, 0.3) is 0 Å². The van der Waals surface area contributed by atoms with Crippen LogP contribution in [0.15, 0.2) is 97.1 Å². The van der Waals surface area contributed by atoms with Crippen LogP contribution in [0.4, 0.5) is 10.1 Å². The molecule has 0 aromatic heterocycles. The van der Waals surface area contributed by atoms with Crippen molar-refractivity contribution >= 4 is 29.1 Å². The lowest BCUT2D eigenvalue weighted by Crippen LogP contribution is -2.45. The van der Waals surface area contributed by atoms with Gasteiger partial charge in [-0.1, -0.05) is 112 Å². The largest absolute Gasteiger partial charge is 0.355 e. The highest BCUT2D eigenvalue weighted by molar-refractivity contribution is 6.30. The monoisotopic (exact) mass is 712 g/mol. The number of benzene rings is 4. The molecule has 2 N–H and O–H groups in total. The molecule has 0 fully saturated rings. The summed E-state index contributed by atoms with van der Waals surface area (Å²) in [5.74, 6) is -1.11. The first kappa shape index (κ1) is 38.2. The van der Waals surface area contributed by atoms with Gasteiger partial charge in [0.25, 0.3) is 5.91 Å². The predicted octanol–water partition coefficient (Wildman–Crippen LogP) is 8.40. The maximum Gasteiger partial charge on any atom is 0.256 e. The van der Waals surface area contributed by atoms with E-state index in [2.05, 4.69) is 79.8 Å². The van der Waals surface area contributed by atoms with E-state index in [1.807, 2.05) is 30.3 Å². The Hall–Kier alpha value is -4.08. The van der Waals surface area contributed by atoms with Crippen LogP contribution >= 0.6 is 11.6 Å². The lowest BCUT2D eigenvalue weighted by atomic mass is 9.94. The van der Waals surface area contributed by atoms with Gasteiger partial charge >= 0.3 is 0 Å². The second-order valence-electron chi connectivity index (χ2n) is 14.4. The van der Waals surface area contributed by atoms with Gasteiger partial charge < -0.3 is 15.0 Å². The van der Waals surface area contributed by atoms with Gasteiger partial charge in [0.1, 0.15) is 18.0 Å². The summed E-state index contributed by atoms with van der Waals surface area (Å²) < 4.78 is 21.0. The molecule has 270 valence electrons. The zero-order valence-corrected chi connectivity index (χ0v) is 30.9. The third kappa shape index (κ3) is 11.0. The van der Waals surface area contributed by atoms with Gasteiger partial charge in [-0.3, -0.25) is 15.0 Å². The SMILES string of the molecule is CCCN(Cc1cccc(C2OC(CC(=O)NCc3ccccc3F)C(=O)N(CC(C)(C)C)c3ccc(Cl)cc32)c1)NCCCc1ccccc1. The number of fused-ring (bicyclic) bond motifs is 1. The van der Waals surface area contributed by atoms with Gasteiger partial charge in [0.2, 0.25) is 5.91 Å². The lowest BCUT2D eigenvalue weighted by molar-refractivity contribution is -0.138. The van der Waals surface area contributed by atoms with Gasteiger partial charge in [-0.15, -0.1) is 0 Å². The minimum atomic E-state index is -1.09. The number of hydrazine groups is 1. The molecular formula is C42H50ClFN4O3. The number of nitrogens with one attached hydrogen (secondary N) is 2. The number of ether oxygens (including phenoxy) is 1. The molecule has 0 aliphatic carbocycles. The molecule has 0 saturated carbocycles. The summed E-state index contributed by atoms with van der Waals surface area (Å²) in [4.78, 5) is 29.4. The number of nitrogens with zero attached hydrogens (tertiary/aromatic N) is 2.